The lowest BCUT2D eigenvalue weighted by Gasteiger charge is -2.15. The predicted octanol–water partition coefficient (Wildman–Crippen LogP) is 2.32. The van der Waals surface area contributed by atoms with Gasteiger partial charge < -0.3 is 5.32 Å². The van der Waals surface area contributed by atoms with Crippen molar-refractivity contribution in [1.82, 2.24) is 5.32 Å². The molecule has 1 aliphatic carbocycles. The SMILES string of the molecule is CCC1NCC2c3ccccc3CC12. The van der Waals surface area contributed by atoms with Gasteiger partial charge in [0.05, 0.1) is 0 Å². The van der Waals surface area contributed by atoms with Crippen molar-refractivity contribution in [2.24, 2.45) is 5.92 Å². The number of nitrogens with one attached hydrogen (secondary N) is 1. The van der Waals surface area contributed by atoms with Crippen LogP contribution in [0, 0.1) is 5.92 Å². The van der Waals surface area contributed by atoms with Gasteiger partial charge in [0, 0.05) is 18.5 Å². The molecule has 1 fully saturated rings. The van der Waals surface area contributed by atoms with Crippen LogP contribution in [0.15, 0.2) is 24.3 Å². The second-order valence-corrected chi connectivity index (χ2v) is 4.60. The van der Waals surface area contributed by atoms with Gasteiger partial charge in [-0.3, -0.25) is 0 Å². The van der Waals surface area contributed by atoms with Crippen LogP contribution in [-0.2, 0) is 6.42 Å². The van der Waals surface area contributed by atoms with Crippen LogP contribution in [0.2, 0.25) is 0 Å². The van der Waals surface area contributed by atoms with Gasteiger partial charge in [-0.05, 0) is 29.9 Å². The number of benzene rings is 1. The van der Waals surface area contributed by atoms with Crippen LogP contribution in [0.1, 0.15) is 30.4 Å². The van der Waals surface area contributed by atoms with Crippen LogP contribution in [0.3, 0.4) is 0 Å². The predicted molar refractivity (Wildman–Crippen MR) is 58.5 cm³/mol. The van der Waals surface area contributed by atoms with Crippen LogP contribution in [-0.4, -0.2) is 12.6 Å². The molecule has 1 heterocycles. The Labute approximate surface area is 85.5 Å². The number of fused-ring (bicyclic) bond motifs is 3. The van der Waals surface area contributed by atoms with Crippen LogP contribution in [0.25, 0.3) is 0 Å². The van der Waals surface area contributed by atoms with Crippen molar-refractivity contribution >= 4 is 0 Å². The molecule has 1 saturated heterocycles. The van der Waals surface area contributed by atoms with E-state index in [9.17, 15) is 0 Å². The zero-order chi connectivity index (χ0) is 9.54. The Morgan fingerprint density at radius 3 is 3.07 bits per heavy atom. The van der Waals surface area contributed by atoms with Crippen molar-refractivity contribution in [3.8, 4) is 0 Å². The van der Waals surface area contributed by atoms with Crippen LogP contribution in [0.5, 0.6) is 0 Å². The first kappa shape index (κ1) is 8.49. The van der Waals surface area contributed by atoms with E-state index in [1.165, 1.54) is 19.4 Å². The highest BCUT2D eigenvalue weighted by Gasteiger charge is 2.40. The van der Waals surface area contributed by atoms with Crippen molar-refractivity contribution in [1.29, 1.82) is 0 Å². The number of rotatable bonds is 1. The molecule has 0 radical (unpaired) electrons. The van der Waals surface area contributed by atoms with Crippen LogP contribution < -0.4 is 5.32 Å². The van der Waals surface area contributed by atoms with E-state index < -0.39 is 0 Å². The van der Waals surface area contributed by atoms with Gasteiger partial charge in [0.25, 0.3) is 0 Å². The Hall–Kier alpha value is -0.820. The quantitative estimate of drug-likeness (QED) is 0.711. The molecule has 3 atom stereocenters. The summed E-state index contributed by atoms with van der Waals surface area (Å²) in [6, 6.07) is 9.74. The standard InChI is InChI=1S/C13H17N/c1-2-13-11-7-9-5-3-4-6-10(9)12(11)8-14-13/h3-6,11-14H,2,7-8H2,1H3. The summed E-state index contributed by atoms with van der Waals surface area (Å²) in [6.45, 7) is 3.49. The number of hydrogen-bond acceptors (Lipinski definition) is 1. The van der Waals surface area contributed by atoms with E-state index >= 15 is 0 Å². The zero-order valence-electron chi connectivity index (χ0n) is 8.66. The fourth-order valence-corrected chi connectivity index (χ4v) is 3.27. The third-order valence-electron chi connectivity index (χ3n) is 3.98. The average molecular weight is 187 g/mol. The Balaban J connectivity index is 1.97. The molecule has 1 aromatic rings. The van der Waals surface area contributed by atoms with E-state index in [4.69, 9.17) is 0 Å². The summed E-state index contributed by atoms with van der Waals surface area (Å²) in [5.41, 5.74) is 3.21. The second-order valence-electron chi connectivity index (χ2n) is 4.60. The normalized spacial score (nSPS) is 34.2. The fraction of sp³-hybridized carbons (Fsp3) is 0.538. The van der Waals surface area contributed by atoms with Gasteiger partial charge in [-0.2, -0.15) is 0 Å². The Bertz CT molecular complexity index is 345. The summed E-state index contributed by atoms with van der Waals surface area (Å²) >= 11 is 0. The van der Waals surface area contributed by atoms with Gasteiger partial charge in [0.15, 0.2) is 0 Å². The van der Waals surface area contributed by atoms with Crippen molar-refractivity contribution in [3.63, 3.8) is 0 Å². The largest absolute Gasteiger partial charge is 0.313 e. The van der Waals surface area contributed by atoms with E-state index in [2.05, 4.69) is 36.5 Å². The Morgan fingerprint density at radius 1 is 1.36 bits per heavy atom. The van der Waals surface area contributed by atoms with E-state index in [1.54, 1.807) is 11.1 Å². The molecule has 1 aliphatic heterocycles. The summed E-state index contributed by atoms with van der Waals surface area (Å²) in [5.74, 6) is 1.67. The van der Waals surface area contributed by atoms with Crippen LogP contribution >= 0.6 is 0 Å². The first-order valence-electron chi connectivity index (χ1n) is 5.71. The van der Waals surface area contributed by atoms with Gasteiger partial charge >= 0.3 is 0 Å². The minimum Gasteiger partial charge on any atom is -0.313 e. The Morgan fingerprint density at radius 2 is 2.21 bits per heavy atom. The van der Waals surface area contributed by atoms with Gasteiger partial charge in [-0.25, -0.2) is 0 Å². The highest BCUT2D eigenvalue weighted by Crippen LogP contribution is 2.43. The number of hydrogen-bond donors (Lipinski definition) is 1. The first-order chi connectivity index (χ1) is 6.90. The molecule has 0 aromatic heterocycles. The summed E-state index contributed by atoms with van der Waals surface area (Å²) in [5, 5.41) is 3.65. The van der Waals surface area contributed by atoms with Crippen LogP contribution in [0.4, 0.5) is 0 Å². The minimum absolute atomic E-state index is 0.757. The second kappa shape index (κ2) is 3.09. The van der Waals surface area contributed by atoms with Gasteiger partial charge in [0.2, 0.25) is 0 Å². The van der Waals surface area contributed by atoms with E-state index in [-0.39, 0.29) is 0 Å². The summed E-state index contributed by atoms with van der Waals surface area (Å²) in [6.07, 6.45) is 2.57. The Kier molecular flexibility index (Phi) is 1.88. The average Bonchev–Trinajstić information content (AvgIpc) is 2.75. The molecule has 2 aliphatic rings. The molecule has 3 rings (SSSR count). The maximum atomic E-state index is 3.65. The summed E-state index contributed by atoms with van der Waals surface area (Å²) in [7, 11) is 0. The van der Waals surface area contributed by atoms with Crippen molar-refractivity contribution in [3.05, 3.63) is 35.4 Å². The van der Waals surface area contributed by atoms with Crippen molar-refractivity contribution in [2.75, 3.05) is 6.54 Å². The molecule has 3 unspecified atom stereocenters. The molecular weight excluding hydrogens is 170 g/mol. The molecule has 0 spiro atoms. The fourth-order valence-electron chi connectivity index (χ4n) is 3.27. The molecule has 1 aromatic carbocycles. The lowest BCUT2D eigenvalue weighted by molar-refractivity contribution is 0.431. The molecule has 1 N–H and O–H groups in total. The summed E-state index contributed by atoms with van der Waals surface area (Å²) in [4.78, 5) is 0. The maximum absolute atomic E-state index is 3.65. The smallest absolute Gasteiger partial charge is 0.0102 e. The highest BCUT2D eigenvalue weighted by molar-refractivity contribution is 5.38. The zero-order valence-corrected chi connectivity index (χ0v) is 8.66. The van der Waals surface area contributed by atoms with Gasteiger partial charge in [-0.15, -0.1) is 0 Å². The maximum Gasteiger partial charge on any atom is 0.0102 e. The molecule has 0 amide bonds. The first-order valence-corrected chi connectivity index (χ1v) is 5.71. The third kappa shape index (κ3) is 1.05. The van der Waals surface area contributed by atoms with E-state index in [0.717, 1.165) is 17.9 Å². The molecule has 0 bridgehead atoms. The summed E-state index contributed by atoms with van der Waals surface area (Å²) < 4.78 is 0. The van der Waals surface area contributed by atoms with Crippen molar-refractivity contribution in [2.45, 2.75) is 31.7 Å². The molecule has 0 saturated carbocycles. The molecule has 1 nitrogen and oxygen atoms in total. The molecule has 1 heteroatoms. The third-order valence-corrected chi connectivity index (χ3v) is 3.98. The molecule has 74 valence electrons. The van der Waals surface area contributed by atoms with Gasteiger partial charge in [0.1, 0.15) is 0 Å². The van der Waals surface area contributed by atoms with Gasteiger partial charge in [-0.1, -0.05) is 31.2 Å². The molecular formula is C13H17N. The van der Waals surface area contributed by atoms with E-state index in [0.29, 0.717) is 0 Å². The topological polar surface area (TPSA) is 12.0 Å². The monoisotopic (exact) mass is 187 g/mol. The lowest BCUT2D eigenvalue weighted by Crippen LogP contribution is -2.26. The van der Waals surface area contributed by atoms with E-state index in [1.807, 2.05) is 0 Å². The van der Waals surface area contributed by atoms with Crippen molar-refractivity contribution < 1.29 is 0 Å². The highest BCUT2D eigenvalue weighted by atomic mass is 15.0. The minimum atomic E-state index is 0.757. The molecule has 14 heavy (non-hydrogen) atoms. The lowest BCUT2D eigenvalue weighted by atomic mass is 9.90.